The zero-order valence-electron chi connectivity index (χ0n) is 19.9. The van der Waals surface area contributed by atoms with E-state index in [1.165, 1.54) is 23.8 Å². The Morgan fingerprint density at radius 2 is 1.94 bits per heavy atom. The van der Waals surface area contributed by atoms with Gasteiger partial charge in [-0.05, 0) is 44.2 Å². The minimum Gasteiger partial charge on any atom is -0.356 e. The Labute approximate surface area is 204 Å². The van der Waals surface area contributed by atoms with Crippen molar-refractivity contribution in [2.75, 3.05) is 11.9 Å². The fraction of sp³-hybridized carbons (Fsp3) is 0.400. The van der Waals surface area contributed by atoms with E-state index < -0.39 is 0 Å². The summed E-state index contributed by atoms with van der Waals surface area (Å²) in [4.78, 5) is 28.0. The molecule has 0 bridgehead atoms. The van der Waals surface area contributed by atoms with Crippen LogP contribution in [0.2, 0.25) is 0 Å². The molecule has 0 aliphatic carbocycles. The Morgan fingerprint density at radius 3 is 2.65 bits per heavy atom. The Hall–Kier alpha value is -3.51. The first-order valence-electron chi connectivity index (χ1n) is 11.4. The average Bonchev–Trinajstić information content (AvgIpc) is 3.38. The summed E-state index contributed by atoms with van der Waals surface area (Å²) in [5, 5.41) is 21.5. The summed E-state index contributed by atoms with van der Waals surface area (Å²) in [7, 11) is 0. The van der Waals surface area contributed by atoms with Crippen LogP contribution in [-0.4, -0.2) is 33.1 Å². The average molecular weight is 479 g/mol. The third kappa shape index (κ3) is 6.99. The van der Waals surface area contributed by atoms with Crippen LogP contribution in [-0.2, 0) is 29.0 Å². The van der Waals surface area contributed by atoms with Crippen LogP contribution in [0.3, 0.4) is 0 Å². The Morgan fingerprint density at radius 1 is 1.18 bits per heavy atom. The van der Waals surface area contributed by atoms with Gasteiger partial charge in [0, 0.05) is 36.5 Å². The van der Waals surface area contributed by atoms with Crippen LogP contribution in [0, 0.1) is 25.2 Å². The van der Waals surface area contributed by atoms with E-state index in [4.69, 9.17) is 5.26 Å². The van der Waals surface area contributed by atoms with Crippen LogP contribution in [0.15, 0.2) is 29.6 Å². The molecule has 2 heterocycles. The molecule has 0 saturated carbocycles. The van der Waals surface area contributed by atoms with Crippen molar-refractivity contribution in [3.05, 3.63) is 52.2 Å². The molecule has 9 heteroatoms. The van der Waals surface area contributed by atoms with Gasteiger partial charge in [0.2, 0.25) is 11.8 Å². The minimum absolute atomic E-state index is 0.00451. The Kier molecular flexibility index (Phi) is 8.93. The van der Waals surface area contributed by atoms with Gasteiger partial charge in [-0.3, -0.25) is 14.3 Å². The highest BCUT2D eigenvalue weighted by Crippen LogP contribution is 2.26. The molecular weight excluding hydrogens is 448 g/mol. The van der Waals surface area contributed by atoms with Gasteiger partial charge in [0.05, 0.1) is 30.4 Å². The van der Waals surface area contributed by atoms with Crippen molar-refractivity contribution in [3.63, 3.8) is 0 Å². The van der Waals surface area contributed by atoms with Crippen molar-refractivity contribution in [1.29, 1.82) is 5.26 Å². The molecule has 0 radical (unpaired) electrons. The van der Waals surface area contributed by atoms with E-state index in [2.05, 4.69) is 38.9 Å². The molecule has 34 heavy (non-hydrogen) atoms. The number of benzene rings is 1. The molecule has 0 saturated heterocycles. The second kappa shape index (κ2) is 12.1. The number of carbonyl (C=O) groups is 2. The van der Waals surface area contributed by atoms with Crippen molar-refractivity contribution in [2.45, 2.75) is 59.4 Å². The molecule has 2 aromatic heterocycles. The maximum absolute atomic E-state index is 12.5. The van der Waals surface area contributed by atoms with Gasteiger partial charge in [0.25, 0.3) is 0 Å². The summed E-state index contributed by atoms with van der Waals surface area (Å²) < 4.78 is 1.84. The van der Waals surface area contributed by atoms with Crippen molar-refractivity contribution < 1.29 is 9.59 Å². The number of nitriles is 1. The van der Waals surface area contributed by atoms with Crippen molar-refractivity contribution in [3.8, 4) is 17.3 Å². The predicted molar refractivity (Wildman–Crippen MR) is 133 cm³/mol. The fourth-order valence-corrected chi connectivity index (χ4v) is 4.49. The van der Waals surface area contributed by atoms with Gasteiger partial charge < -0.3 is 10.6 Å². The second-order valence-electron chi connectivity index (χ2n) is 8.15. The highest BCUT2D eigenvalue weighted by molar-refractivity contribution is 7.14. The first kappa shape index (κ1) is 25.1. The maximum Gasteiger partial charge on any atom is 0.226 e. The van der Waals surface area contributed by atoms with Crippen LogP contribution in [0.25, 0.3) is 11.3 Å². The summed E-state index contributed by atoms with van der Waals surface area (Å²) in [6.07, 6.45) is 3.14. The van der Waals surface area contributed by atoms with Gasteiger partial charge >= 0.3 is 0 Å². The van der Waals surface area contributed by atoms with E-state index >= 15 is 0 Å². The lowest BCUT2D eigenvalue weighted by Crippen LogP contribution is -2.21. The highest BCUT2D eigenvalue weighted by atomic mass is 32.1. The number of aryl methyl sites for hydroxylation is 3. The first-order chi connectivity index (χ1) is 16.4. The van der Waals surface area contributed by atoms with Crippen molar-refractivity contribution >= 4 is 28.3 Å². The summed E-state index contributed by atoms with van der Waals surface area (Å²) in [5.41, 5.74) is 6.01. The molecule has 178 valence electrons. The molecular formula is C25H30N6O2S. The number of anilines is 1. The number of thiazole rings is 1. The summed E-state index contributed by atoms with van der Waals surface area (Å²) in [6, 6.07) is 10.3. The molecule has 2 amide bonds. The topological polar surface area (TPSA) is 113 Å². The van der Waals surface area contributed by atoms with E-state index in [9.17, 15) is 9.59 Å². The number of nitrogens with zero attached hydrogens (tertiary/aromatic N) is 4. The molecule has 3 aromatic rings. The molecule has 0 atom stereocenters. The van der Waals surface area contributed by atoms with E-state index in [0.717, 1.165) is 41.1 Å². The third-order valence-corrected chi connectivity index (χ3v) is 6.34. The lowest BCUT2D eigenvalue weighted by Gasteiger charge is -2.05. The standard InChI is InChI=1S/C25H30N6O2S/c1-17-22(18(2)31(30-17)15-5-13-26)11-12-24(33)29-25-28-23(16-34-25)21-9-7-20(8-10-21)6-4-14-27-19(3)32/h7-10,16H,4-6,11-12,14-15H2,1-3H3,(H,27,32)(H,28,29,33). The second-order valence-corrected chi connectivity index (χ2v) is 9.01. The molecule has 0 fully saturated rings. The number of rotatable bonds is 11. The predicted octanol–water partition coefficient (Wildman–Crippen LogP) is 4.18. The quantitative estimate of drug-likeness (QED) is 0.402. The van der Waals surface area contributed by atoms with Gasteiger partial charge in [-0.1, -0.05) is 24.3 Å². The number of nitrogens with one attached hydrogen (secondary N) is 2. The molecule has 1 aromatic carbocycles. The zero-order valence-corrected chi connectivity index (χ0v) is 20.7. The largest absolute Gasteiger partial charge is 0.356 e. The zero-order chi connectivity index (χ0) is 24.5. The molecule has 8 nitrogen and oxygen atoms in total. The van der Waals surface area contributed by atoms with Crippen molar-refractivity contribution in [2.24, 2.45) is 0 Å². The number of hydrogen-bond acceptors (Lipinski definition) is 6. The smallest absolute Gasteiger partial charge is 0.226 e. The van der Waals surface area contributed by atoms with Gasteiger partial charge in [0.15, 0.2) is 5.13 Å². The van der Waals surface area contributed by atoms with Crippen molar-refractivity contribution in [1.82, 2.24) is 20.1 Å². The number of aromatic nitrogens is 3. The van der Waals surface area contributed by atoms with E-state index in [1.807, 2.05) is 36.0 Å². The van der Waals surface area contributed by atoms with Crippen LogP contribution >= 0.6 is 11.3 Å². The fourth-order valence-electron chi connectivity index (χ4n) is 3.75. The molecule has 0 spiro atoms. The summed E-state index contributed by atoms with van der Waals surface area (Å²) in [6.45, 7) is 6.68. The lowest BCUT2D eigenvalue weighted by molar-refractivity contribution is -0.119. The van der Waals surface area contributed by atoms with E-state index in [-0.39, 0.29) is 11.8 Å². The number of amides is 2. The number of carbonyl (C=O) groups excluding carboxylic acids is 2. The third-order valence-electron chi connectivity index (χ3n) is 5.59. The van der Waals surface area contributed by atoms with Gasteiger partial charge in [0.1, 0.15) is 0 Å². The SMILES string of the molecule is CC(=O)NCCCc1ccc(-c2csc(NC(=O)CCc3c(C)nn(CCC#N)c3C)n2)cc1. The van der Waals surface area contributed by atoms with Gasteiger partial charge in [-0.2, -0.15) is 10.4 Å². The summed E-state index contributed by atoms with van der Waals surface area (Å²) in [5.74, 6) is -0.0888. The normalized spacial score (nSPS) is 10.6. The van der Waals surface area contributed by atoms with Gasteiger partial charge in [-0.25, -0.2) is 4.98 Å². The lowest BCUT2D eigenvalue weighted by atomic mass is 10.1. The van der Waals surface area contributed by atoms with Gasteiger partial charge in [-0.15, -0.1) is 11.3 Å². The van der Waals surface area contributed by atoms with E-state index in [0.29, 0.717) is 37.5 Å². The monoisotopic (exact) mass is 478 g/mol. The Bertz CT molecular complexity index is 1170. The van der Waals surface area contributed by atoms with Crippen LogP contribution in [0.4, 0.5) is 5.13 Å². The summed E-state index contributed by atoms with van der Waals surface area (Å²) >= 11 is 1.41. The molecule has 0 aliphatic rings. The van der Waals surface area contributed by atoms with Crippen LogP contribution in [0.1, 0.15) is 48.7 Å². The minimum atomic E-state index is -0.0843. The first-order valence-corrected chi connectivity index (χ1v) is 12.2. The maximum atomic E-state index is 12.5. The molecule has 2 N–H and O–H groups in total. The molecule has 0 aliphatic heterocycles. The van der Waals surface area contributed by atoms with E-state index in [1.54, 1.807) is 0 Å². The Balaban J connectivity index is 1.51. The molecule has 3 rings (SSSR count). The highest BCUT2D eigenvalue weighted by Gasteiger charge is 2.14. The molecule has 0 unspecified atom stereocenters. The van der Waals surface area contributed by atoms with Crippen LogP contribution < -0.4 is 10.6 Å². The van der Waals surface area contributed by atoms with Crippen LogP contribution in [0.5, 0.6) is 0 Å². The number of hydrogen-bond donors (Lipinski definition) is 2.